The van der Waals surface area contributed by atoms with Gasteiger partial charge in [0.15, 0.2) is 5.79 Å². The number of nitrogens with one attached hydrogen (secondary N) is 1. The van der Waals surface area contributed by atoms with E-state index in [-0.39, 0.29) is 11.7 Å². The molecule has 1 N–H and O–H groups in total. The van der Waals surface area contributed by atoms with Gasteiger partial charge in [-0.25, -0.2) is 14.1 Å². The van der Waals surface area contributed by atoms with Gasteiger partial charge in [-0.3, -0.25) is 0 Å². The van der Waals surface area contributed by atoms with Crippen molar-refractivity contribution in [2.24, 2.45) is 0 Å². The van der Waals surface area contributed by atoms with Gasteiger partial charge in [0.05, 0.1) is 12.8 Å². The van der Waals surface area contributed by atoms with Crippen LogP contribution >= 0.6 is 11.6 Å². The number of hydrogen-bond acceptors (Lipinski definition) is 7. The van der Waals surface area contributed by atoms with Crippen molar-refractivity contribution in [2.45, 2.75) is 31.1 Å². The fourth-order valence-corrected chi connectivity index (χ4v) is 4.70. The van der Waals surface area contributed by atoms with E-state index in [9.17, 15) is 4.39 Å². The number of aryl methyl sites for hydroxylation is 1. The Kier molecular flexibility index (Phi) is 6.65. The van der Waals surface area contributed by atoms with Crippen LogP contribution in [0.1, 0.15) is 30.1 Å². The minimum Gasteiger partial charge on any atom is -0.494 e. The number of rotatable bonds is 7. The topological polar surface area (TPSA) is 88.3 Å². The summed E-state index contributed by atoms with van der Waals surface area (Å²) in [5.41, 5.74) is 2.45. The van der Waals surface area contributed by atoms with Crippen LogP contribution < -0.4 is 10.1 Å². The lowest BCUT2D eigenvalue weighted by Crippen LogP contribution is -2.35. The molecule has 2 aromatic heterocycles. The van der Waals surface area contributed by atoms with E-state index in [4.69, 9.17) is 35.9 Å². The lowest BCUT2D eigenvalue weighted by atomic mass is 9.90. The zero-order valence-corrected chi connectivity index (χ0v) is 20.9. The van der Waals surface area contributed by atoms with Crippen LogP contribution in [0.15, 0.2) is 55.0 Å². The molecule has 0 amide bonds. The van der Waals surface area contributed by atoms with E-state index in [1.165, 1.54) is 12.1 Å². The van der Waals surface area contributed by atoms with Crippen LogP contribution in [0.4, 0.5) is 16.0 Å². The number of aromatic nitrogens is 5. The minimum absolute atomic E-state index is 0.209. The molecule has 0 radical (unpaired) electrons. The van der Waals surface area contributed by atoms with Gasteiger partial charge in [-0.2, -0.15) is 4.98 Å². The van der Waals surface area contributed by atoms with Crippen LogP contribution in [0.25, 0.3) is 5.69 Å². The second kappa shape index (κ2) is 9.88. The standard InChI is InChI=1S/C25H26ClFN6O3/c1-34-21-12-18(8-9-20(21)32-14-22(26)28-15-32)29-24-30-23-19(16-4-6-17(27)7-5-16)13-25(35-2,36-3)10-11-33(23)31-24/h4-9,12,14-15,19H,10-11,13H2,1-3H3,(H,29,31). The molecule has 1 aliphatic rings. The van der Waals surface area contributed by atoms with Crippen molar-refractivity contribution < 1.29 is 18.6 Å². The molecule has 5 rings (SSSR count). The molecule has 0 spiro atoms. The second-order valence-electron chi connectivity index (χ2n) is 8.51. The molecule has 0 fully saturated rings. The van der Waals surface area contributed by atoms with Gasteiger partial charge in [0.2, 0.25) is 5.95 Å². The van der Waals surface area contributed by atoms with Gasteiger partial charge in [0, 0.05) is 57.5 Å². The molecule has 0 aliphatic carbocycles. The van der Waals surface area contributed by atoms with Crippen molar-refractivity contribution in [1.29, 1.82) is 0 Å². The number of benzene rings is 2. The predicted molar refractivity (Wildman–Crippen MR) is 133 cm³/mol. The maximum atomic E-state index is 13.6. The smallest absolute Gasteiger partial charge is 0.246 e. The van der Waals surface area contributed by atoms with E-state index in [0.29, 0.717) is 36.2 Å². The highest BCUT2D eigenvalue weighted by Gasteiger charge is 2.39. The third-order valence-corrected chi connectivity index (χ3v) is 6.71. The van der Waals surface area contributed by atoms with Crippen molar-refractivity contribution in [3.8, 4) is 11.4 Å². The molecule has 4 aromatic rings. The minimum atomic E-state index is -0.797. The highest BCUT2D eigenvalue weighted by molar-refractivity contribution is 6.29. The largest absolute Gasteiger partial charge is 0.494 e. The molecule has 0 saturated carbocycles. The summed E-state index contributed by atoms with van der Waals surface area (Å²) in [4.78, 5) is 8.88. The average molecular weight is 513 g/mol. The van der Waals surface area contributed by atoms with E-state index in [0.717, 1.165) is 22.8 Å². The second-order valence-corrected chi connectivity index (χ2v) is 8.90. The zero-order valence-electron chi connectivity index (χ0n) is 20.1. The van der Waals surface area contributed by atoms with Gasteiger partial charge in [-0.1, -0.05) is 23.7 Å². The SMILES string of the molecule is COc1cc(Nc2nc3n(n2)CCC(OC)(OC)CC3c2ccc(F)cc2)ccc1-n1cnc(Cl)c1. The molecule has 188 valence electrons. The Bertz CT molecular complexity index is 1350. The van der Waals surface area contributed by atoms with Gasteiger partial charge in [0.1, 0.15) is 28.9 Å². The number of nitrogens with zero attached hydrogens (tertiary/aromatic N) is 5. The normalized spacial score (nSPS) is 16.9. The molecule has 9 nitrogen and oxygen atoms in total. The Morgan fingerprint density at radius 3 is 2.56 bits per heavy atom. The van der Waals surface area contributed by atoms with Crippen LogP contribution in [-0.2, 0) is 16.0 Å². The Hall–Kier alpha value is -3.47. The number of fused-ring (bicyclic) bond motifs is 1. The number of halogens is 2. The number of anilines is 2. The van der Waals surface area contributed by atoms with E-state index >= 15 is 0 Å². The maximum Gasteiger partial charge on any atom is 0.246 e. The lowest BCUT2D eigenvalue weighted by molar-refractivity contribution is -0.215. The first-order valence-corrected chi connectivity index (χ1v) is 11.8. The summed E-state index contributed by atoms with van der Waals surface area (Å²) in [6.07, 6.45) is 4.43. The summed E-state index contributed by atoms with van der Waals surface area (Å²) >= 11 is 5.97. The number of hydrogen-bond donors (Lipinski definition) is 1. The van der Waals surface area contributed by atoms with Gasteiger partial charge in [-0.15, -0.1) is 5.10 Å². The molecular formula is C25H26ClFN6O3. The summed E-state index contributed by atoms with van der Waals surface area (Å²) in [6.45, 7) is 0.549. The molecule has 1 unspecified atom stereocenters. The van der Waals surface area contributed by atoms with E-state index in [1.807, 2.05) is 22.9 Å². The molecular weight excluding hydrogens is 487 g/mol. The first kappa shape index (κ1) is 24.2. The van der Waals surface area contributed by atoms with Crippen LogP contribution in [-0.4, -0.2) is 51.4 Å². The van der Waals surface area contributed by atoms with Crippen LogP contribution in [0, 0.1) is 5.82 Å². The number of ether oxygens (including phenoxy) is 3. The van der Waals surface area contributed by atoms with Crippen molar-refractivity contribution >= 4 is 23.2 Å². The Balaban J connectivity index is 1.47. The van der Waals surface area contributed by atoms with Crippen molar-refractivity contribution in [1.82, 2.24) is 24.3 Å². The quantitative estimate of drug-likeness (QED) is 0.351. The van der Waals surface area contributed by atoms with Crippen LogP contribution in [0.3, 0.4) is 0 Å². The molecule has 0 bridgehead atoms. The van der Waals surface area contributed by atoms with Gasteiger partial charge in [-0.05, 0) is 29.8 Å². The van der Waals surface area contributed by atoms with E-state index in [1.54, 1.807) is 50.6 Å². The molecule has 0 saturated heterocycles. The number of imidazole rings is 1. The summed E-state index contributed by atoms with van der Waals surface area (Å²) in [6, 6.07) is 12.1. The van der Waals surface area contributed by atoms with Crippen molar-refractivity contribution in [2.75, 3.05) is 26.6 Å². The predicted octanol–water partition coefficient (Wildman–Crippen LogP) is 4.92. The number of methoxy groups -OCH3 is 3. The Morgan fingerprint density at radius 2 is 1.89 bits per heavy atom. The fourth-order valence-electron chi connectivity index (χ4n) is 4.55. The Morgan fingerprint density at radius 1 is 1.11 bits per heavy atom. The summed E-state index contributed by atoms with van der Waals surface area (Å²) < 4.78 is 34.4. The van der Waals surface area contributed by atoms with Gasteiger partial charge < -0.3 is 24.1 Å². The molecule has 36 heavy (non-hydrogen) atoms. The monoisotopic (exact) mass is 512 g/mol. The van der Waals surface area contributed by atoms with E-state index in [2.05, 4.69) is 10.3 Å². The summed E-state index contributed by atoms with van der Waals surface area (Å²) in [5, 5.41) is 8.38. The third-order valence-electron chi connectivity index (χ3n) is 6.51. The molecule has 1 aliphatic heterocycles. The molecule has 2 aromatic carbocycles. The first-order valence-electron chi connectivity index (χ1n) is 11.4. The highest BCUT2D eigenvalue weighted by Crippen LogP contribution is 2.39. The molecule has 11 heteroatoms. The van der Waals surface area contributed by atoms with Crippen LogP contribution in [0.5, 0.6) is 5.75 Å². The Labute approximate surface area is 212 Å². The fraction of sp³-hybridized carbons (Fsp3) is 0.320. The third kappa shape index (κ3) is 4.67. The molecule has 3 heterocycles. The van der Waals surface area contributed by atoms with Crippen LogP contribution in [0.2, 0.25) is 5.15 Å². The first-order chi connectivity index (χ1) is 17.4. The van der Waals surface area contributed by atoms with Crippen molar-refractivity contribution in [3.63, 3.8) is 0 Å². The lowest BCUT2D eigenvalue weighted by Gasteiger charge is -2.31. The van der Waals surface area contributed by atoms with Crippen molar-refractivity contribution in [3.05, 3.63) is 77.3 Å². The average Bonchev–Trinajstić information content (AvgIpc) is 3.47. The van der Waals surface area contributed by atoms with Gasteiger partial charge in [0.25, 0.3) is 0 Å². The summed E-state index contributed by atoms with van der Waals surface area (Å²) in [5.74, 6) is 0.518. The maximum absolute atomic E-state index is 13.6. The van der Waals surface area contributed by atoms with E-state index < -0.39 is 5.79 Å². The molecule has 1 atom stereocenters. The highest BCUT2D eigenvalue weighted by atomic mass is 35.5. The zero-order chi connectivity index (χ0) is 25.3. The van der Waals surface area contributed by atoms with Gasteiger partial charge >= 0.3 is 0 Å². The summed E-state index contributed by atoms with van der Waals surface area (Å²) in [7, 11) is 4.87.